The average Bonchev–Trinajstić information content (AvgIpc) is 3.42. The van der Waals surface area contributed by atoms with Crippen LogP contribution < -0.4 is 19.6 Å². The number of nitrogens with zero attached hydrogens (tertiary/aromatic N) is 2. The number of para-hydroxylation sites is 1. The van der Waals surface area contributed by atoms with E-state index in [9.17, 15) is 9.59 Å². The lowest BCUT2D eigenvalue weighted by molar-refractivity contribution is -0.158. The summed E-state index contributed by atoms with van der Waals surface area (Å²) in [5.74, 6) is 0.571. The topological polar surface area (TPSA) is 83.0 Å². The van der Waals surface area contributed by atoms with Gasteiger partial charge in [-0.2, -0.15) is 0 Å². The fraction of sp³-hybridized carbons (Fsp3) is 0.192. The minimum atomic E-state index is -1.19. The van der Waals surface area contributed by atoms with Gasteiger partial charge in [0.25, 0.3) is 5.56 Å². The van der Waals surface area contributed by atoms with E-state index >= 15 is 0 Å². The molecule has 0 amide bonds. The summed E-state index contributed by atoms with van der Waals surface area (Å²) in [5.41, 5.74) is 0.244. The highest BCUT2D eigenvalue weighted by Crippen LogP contribution is 2.47. The number of fused-ring (bicyclic) bond motifs is 6. The lowest BCUT2D eigenvalue weighted by atomic mass is 9.81. The van der Waals surface area contributed by atoms with Gasteiger partial charge in [-0.15, -0.1) is 0 Å². The Labute approximate surface area is 212 Å². The van der Waals surface area contributed by atoms with Crippen LogP contribution in [-0.2, 0) is 9.53 Å². The van der Waals surface area contributed by atoms with Gasteiger partial charge < -0.3 is 13.9 Å². The molecule has 3 atom stereocenters. The predicted molar refractivity (Wildman–Crippen MR) is 134 cm³/mol. The number of furan rings is 1. The van der Waals surface area contributed by atoms with Gasteiger partial charge in [-0.25, -0.2) is 4.99 Å². The van der Waals surface area contributed by atoms with Gasteiger partial charge in [0.2, 0.25) is 5.72 Å². The van der Waals surface area contributed by atoms with Crippen LogP contribution in [0.25, 0.3) is 17.4 Å². The Morgan fingerprint density at radius 3 is 2.71 bits per heavy atom. The van der Waals surface area contributed by atoms with Crippen molar-refractivity contribution in [2.24, 2.45) is 10.9 Å². The van der Waals surface area contributed by atoms with E-state index in [0.717, 1.165) is 15.6 Å². The van der Waals surface area contributed by atoms with E-state index in [2.05, 4.69) is 15.9 Å². The smallest absolute Gasteiger partial charge is 0.317 e. The Morgan fingerprint density at radius 2 is 1.94 bits per heavy atom. The molecule has 0 saturated heterocycles. The van der Waals surface area contributed by atoms with E-state index in [1.807, 2.05) is 60.7 Å². The van der Waals surface area contributed by atoms with Crippen molar-refractivity contribution in [3.63, 3.8) is 0 Å². The first-order valence-electron chi connectivity index (χ1n) is 10.9. The number of benzene rings is 2. The highest BCUT2D eigenvalue weighted by molar-refractivity contribution is 9.10. The number of thiazole rings is 1. The van der Waals surface area contributed by atoms with Gasteiger partial charge in [0.05, 0.1) is 17.7 Å². The number of hydrogen-bond donors (Lipinski definition) is 0. The number of esters is 1. The van der Waals surface area contributed by atoms with Crippen LogP contribution in [0.15, 0.2) is 79.3 Å². The third kappa shape index (κ3) is 3.49. The zero-order valence-electron chi connectivity index (χ0n) is 18.7. The van der Waals surface area contributed by atoms with Gasteiger partial charge in [-0.1, -0.05) is 57.6 Å². The predicted octanol–water partition coefficient (Wildman–Crippen LogP) is 3.88. The first kappa shape index (κ1) is 22.1. The highest BCUT2D eigenvalue weighted by Gasteiger charge is 2.55. The molecule has 176 valence electrons. The molecule has 2 aliphatic heterocycles. The van der Waals surface area contributed by atoms with Gasteiger partial charge in [0.15, 0.2) is 4.80 Å². The summed E-state index contributed by atoms with van der Waals surface area (Å²) in [5, 5.41) is 0. The van der Waals surface area contributed by atoms with E-state index in [4.69, 9.17) is 18.9 Å². The van der Waals surface area contributed by atoms with Crippen molar-refractivity contribution in [1.82, 2.24) is 4.57 Å². The zero-order valence-corrected chi connectivity index (χ0v) is 21.1. The zero-order chi connectivity index (χ0) is 24.3. The Hall–Kier alpha value is -3.43. The van der Waals surface area contributed by atoms with Crippen LogP contribution in [0, 0.1) is 5.92 Å². The molecule has 2 aliphatic rings. The van der Waals surface area contributed by atoms with E-state index in [1.165, 1.54) is 18.4 Å². The van der Waals surface area contributed by atoms with Crippen LogP contribution in [0.1, 0.15) is 24.3 Å². The monoisotopic (exact) mass is 550 g/mol. The van der Waals surface area contributed by atoms with Crippen molar-refractivity contribution < 1.29 is 18.7 Å². The van der Waals surface area contributed by atoms with E-state index in [-0.39, 0.29) is 5.56 Å². The molecule has 9 heteroatoms. The second kappa shape index (κ2) is 8.07. The number of hydrogen-bond acceptors (Lipinski definition) is 7. The molecule has 4 heterocycles. The average molecular weight is 551 g/mol. The largest absolute Gasteiger partial charge is 0.469 e. The normalized spacial score (nSPS) is 22.5. The fourth-order valence-corrected chi connectivity index (χ4v) is 6.10. The number of carbonyl (C=O) groups excluding carboxylic acids is 1. The summed E-state index contributed by atoms with van der Waals surface area (Å²) in [6.07, 6.45) is 1.71. The Balaban J connectivity index is 1.51. The molecule has 0 radical (unpaired) electrons. The van der Waals surface area contributed by atoms with Crippen LogP contribution >= 0.6 is 27.3 Å². The molecule has 0 N–H and O–H groups in total. The van der Waals surface area contributed by atoms with E-state index in [0.29, 0.717) is 26.6 Å². The van der Waals surface area contributed by atoms with Crippen LogP contribution in [-0.4, -0.2) is 23.4 Å². The summed E-state index contributed by atoms with van der Waals surface area (Å²) >= 11 is 4.68. The SMILES string of the molecule is COC(=O)C1C2c3ccccc3OC1(C)N=c1s/c(=C\c3ccc(-c4ccc(Br)cc4)o3)c(=O)n12. The molecule has 35 heavy (non-hydrogen) atoms. The van der Waals surface area contributed by atoms with Gasteiger partial charge in [-0.05, 0) is 37.3 Å². The Kier molecular flexibility index (Phi) is 5.08. The Bertz CT molecular complexity index is 1650. The molecular formula is C26H19BrN2O5S. The van der Waals surface area contributed by atoms with Crippen LogP contribution in [0.5, 0.6) is 5.75 Å². The molecule has 2 bridgehead atoms. The van der Waals surface area contributed by atoms with Gasteiger partial charge in [-0.3, -0.25) is 14.2 Å². The second-order valence-electron chi connectivity index (χ2n) is 8.53. The van der Waals surface area contributed by atoms with Gasteiger partial charge in [0, 0.05) is 21.7 Å². The van der Waals surface area contributed by atoms with E-state index in [1.54, 1.807) is 17.6 Å². The second-order valence-corrected chi connectivity index (χ2v) is 10.5. The molecule has 6 rings (SSSR count). The maximum absolute atomic E-state index is 13.6. The fourth-order valence-electron chi connectivity index (χ4n) is 4.76. The van der Waals surface area contributed by atoms with Crippen molar-refractivity contribution >= 4 is 39.3 Å². The molecule has 0 saturated carbocycles. The maximum atomic E-state index is 13.6. The van der Waals surface area contributed by atoms with Crippen LogP contribution in [0.4, 0.5) is 0 Å². The molecule has 0 aliphatic carbocycles. The number of ether oxygens (including phenoxy) is 2. The highest BCUT2D eigenvalue weighted by atomic mass is 79.9. The maximum Gasteiger partial charge on any atom is 0.317 e. The first-order chi connectivity index (χ1) is 16.9. The number of methoxy groups -OCH3 is 1. The van der Waals surface area contributed by atoms with Gasteiger partial charge >= 0.3 is 5.97 Å². The molecule has 0 spiro atoms. The third-order valence-electron chi connectivity index (χ3n) is 6.36. The molecular weight excluding hydrogens is 532 g/mol. The molecule has 2 aromatic heterocycles. The van der Waals surface area contributed by atoms with E-state index < -0.39 is 23.7 Å². The molecule has 4 aromatic rings. The number of rotatable bonds is 3. The minimum absolute atomic E-state index is 0.243. The Morgan fingerprint density at radius 1 is 1.17 bits per heavy atom. The molecule has 2 aromatic carbocycles. The third-order valence-corrected chi connectivity index (χ3v) is 7.88. The van der Waals surface area contributed by atoms with Crippen LogP contribution in [0.3, 0.4) is 0 Å². The lowest BCUT2D eigenvalue weighted by Crippen LogP contribution is -2.58. The molecule has 0 fully saturated rings. The number of halogens is 1. The quantitative estimate of drug-likeness (QED) is 0.361. The van der Waals surface area contributed by atoms with Crippen molar-refractivity contribution in [3.8, 4) is 17.1 Å². The van der Waals surface area contributed by atoms with Crippen LogP contribution in [0.2, 0.25) is 0 Å². The number of carbonyl (C=O) groups is 1. The summed E-state index contributed by atoms with van der Waals surface area (Å²) in [4.78, 5) is 31.7. The van der Waals surface area contributed by atoms with Crippen molar-refractivity contribution in [2.45, 2.75) is 18.7 Å². The number of aromatic nitrogens is 1. The summed E-state index contributed by atoms with van der Waals surface area (Å²) < 4.78 is 20.3. The summed E-state index contributed by atoms with van der Waals surface area (Å²) in [6.45, 7) is 1.76. The molecule has 3 unspecified atom stereocenters. The van der Waals surface area contributed by atoms with Crippen molar-refractivity contribution in [3.05, 3.63) is 96.1 Å². The van der Waals surface area contributed by atoms with Gasteiger partial charge in [0.1, 0.15) is 23.2 Å². The summed E-state index contributed by atoms with van der Waals surface area (Å²) in [7, 11) is 1.33. The molecule has 7 nitrogen and oxygen atoms in total. The van der Waals surface area contributed by atoms with Crippen molar-refractivity contribution in [2.75, 3.05) is 7.11 Å². The minimum Gasteiger partial charge on any atom is -0.469 e. The first-order valence-corrected chi connectivity index (χ1v) is 12.5. The standard InChI is InChI=1S/C26H19BrN2O5S/c1-26-21(24(31)32-2)22(17-5-3-4-6-19(17)34-26)29-23(30)20(35-25(29)28-26)13-16-11-12-18(33-16)14-7-9-15(27)10-8-14/h3-13,21-22H,1-2H3/b20-13-. The lowest BCUT2D eigenvalue weighted by Gasteiger charge is -2.44. The summed E-state index contributed by atoms with van der Waals surface area (Å²) in [6, 6.07) is 18.3. The van der Waals surface area contributed by atoms with Crippen molar-refractivity contribution in [1.29, 1.82) is 0 Å².